The molecule has 0 N–H and O–H groups in total. The average Bonchev–Trinajstić information content (AvgIpc) is 3.41. The highest BCUT2D eigenvalue weighted by molar-refractivity contribution is 5.61. The average molecular weight is 394 g/mol. The molecule has 1 atom stereocenters. The van der Waals surface area contributed by atoms with Crippen LogP contribution in [0.5, 0.6) is 0 Å². The number of benzene rings is 1. The molecule has 0 spiro atoms. The first-order chi connectivity index (χ1) is 13.8. The molecule has 0 saturated carbocycles. The van der Waals surface area contributed by atoms with E-state index in [4.69, 9.17) is 9.40 Å². The summed E-state index contributed by atoms with van der Waals surface area (Å²) in [6.45, 7) is 12.5. The molecule has 6 nitrogen and oxygen atoms in total. The summed E-state index contributed by atoms with van der Waals surface area (Å²) >= 11 is 0. The number of nitrogens with zero attached hydrogens (tertiary/aromatic N) is 5. The second-order valence-electron chi connectivity index (χ2n) is 9.24. The first-order valence-electron chi connectivity index (χ1n) is 10.5. The highest BCUT2D eigenvalue weighted by atomic mass is 16.4. The van der Waals surface area contributed by atoms with Crippen LogP contribution in [0.25, 0.3) is 11.3 Å². The van der Waals surface area contributed by atoms with Gasteiger partial charge in [0.05, 0.1) is 23.5 Å². The quantitative estimate of drug-likeness (QED) is 0.600. The Labute approximate surface area is 172 Å². The van der Waals surface area contributed by atoms with Crippen molar-refractivity contribution in [2.45, 2.75) is 71.5 Å². The number of likely N-dealkylation sites (tertiary alicyclic amines) is 1. The molecule has 1 unspecified atom stereocenters. The maximum atomic E-state index is 6.35. The van der Waals surface area contributed by atoms with E-state index in [0.29, 0.717) is 0 Å². The zero-order valence-electron chi connectivity index (χ0n) is 18.1. The van der Waals surface area contributed by atoms with Gasteiger partial charge in [0.25, 0.3) is 0 Å². The summed E-state index contributed by atoms with van der Waals surface area (Å²) in [6, 6.07) is 10.5. The van der Waals surface area contributed by atoms with E-state index in [1.54, 1.807) is 0 Å². The van der Waals surface area contributed by atoms with Gasteiger partial charge in [0.1, 0.15) is 11.5 Å². The molecule has 3 heterocycles. The lowest BCUT2D eigenvalue weighted by molar-refractivity contribution is 0.209. The molecule has 1 fully saturated rings. The third-order valence-corrected chi connectivity index (χ3v) is 5.48. The van der Waals surface area contributed by atoms with Gasteiger partial charge in [0.2, 0.25) is 5.89 Å². The summed E-state index contributed by atoms with van der Waals surface area (Å²) in [5.74, 6) is 2.08. The van der Waals surface area contributed by atoms with E-state index in [1.165, 1.54) is 0 Å². The highest BCUT2D eigenvalue weighted by Gasteiger charge is 2.32. The fraction of sp³-hybridized carbons (Fsp3) is 0.522. The maximum absolute atomic E-state index is 6.35. The Balaban J connectivity index is 1.60. The molecule has 6 heteroatoms. The topological polar surface area (TPSA) is 60.0 Å². The summed E-state index contributed by atoms with van der Waals surface area (Å²) in [4.78, 5) is 7.39. The molecule has 29 heavy (non-hydrogen) atoms. The van der Waals surface area contributed by atoms with Crippen LogP contribution in [0.3, 0.4) is 0 Å². The molecule has 0 amide bonds. The van der Waals surface area contributed by atoms with Crippen LogP contribution in [0.15, 0.2) is 40.9 Å². The molecule has 1 saturated heterocycles. The Bertz CT molecular complexity index is 951. The van der Waals surface area contributed by atoms with Crippen molar-refractivity contribution in [1.82, 2.24) is 24.9 Å². The zero-order valence-corrected chi connectivity index (χ0v) is 18.1. The Kier molecular flexibility index (Phi) is 5.30. The third-order valence-electron chi connectivity index (χ3n) is 5.48. The normalized spacial score (nSPS) is 18.1. The molecule has 3 aromatic rings. The molecule has 2 aromatic heterocycles. The number of aromatic nitrogens is 4. The van der Waals surface area contributed by atoms with Crippen molar-refractivity contribution in [2.75, 3.05) is 6.54 Å². The van der Waals surface area contributed by atoms with Crippen LogP contribution in [0.2, 0.25) is 0 Å². The van der Waals surface area contributed by atoms with Crippen molar-refractivity contribution >= 4 is 0 Å². The molecule has 1 aliphatic heterocycles. The summed E-state index contributed by atoms with van der Waals surface area (Å²) in [5.41, 5.74) is 3.02. The van der Waals surface area contributed by atoms with Gasteiger partial charge in [-0.1, -0.05) is 49.4 Å². The Hall–Kier alpha value is -2.47. The highest BCUT2D eigenvalue weighted by Crippen LogP contribution is 2.37. The van der Waals surface area contributed by atoms with Gasteiger partial charge in [-0.3, -0.25) is 4.90 Å². The smallest absolute Gasteiger partial charge is 0.212 e. The number of hydrogen-bond donors (Lipinski definition) is 0. The zero-order chi connectivity index (χ0) is 20.6. The number of hydrogen-bond acceptors (Lipinski definition) is 5. The lowest BCUT2D eigenvalue weighted by Gasteiger charge is -2.21. The van der Waals surface area contributed by atoms with Crippen molar-refractivity contribution in [3.05, 3.63) is 53.9 Å². The van der Waals surface area contributed by atoms with Gasteiger partial charge in [-0.25, -0.2) is 9.67 Å². The second-order valence-corrected chi connectivity index (χ2v) is 9.24. The SMILES string of the molecule is CC(C)c1oc(C2CCCN2Cc2cn(C(C)(C)C)nn2)nc1-c1ccccc1. The van der Waals surface area contributed by atoms with Gasteiger partial charge in [-0.05, 0) is 40.2 Å². The first kappa shape index (κ1) is 19.8. The van der Waals surface area contributed by atoms with Gasteiger partial charge in [0.15, 0.2) is 0 Å². The van der Waals surface area contributed by atoms with Crippen molar-refractivity contribution in [3.63, 3.8) is 0 Å². The Morgan fingerprint density at radius 1 is 1.17 bits per heavy atom. The molecule has 1 aliphatic rings. The summed E-state index contributed by atoms with van der Waals surface area (Å²) in [6.07, 6.45) is 4.25. The predicted octanol–water partition coefficient (Wildman–Crippen LogP) is 5.15. The van der Waals surface area contributed by atoms with Crippen LogP contribution in [0.4, 0.5) is 0 Å². The largest absolute Gasteiger partial charge is 0.443 e. The Morgan fingerprint density at radius 3 is 2.59 bits per heavy atom. The van der Waals surface area contributed by atoms with E-state index in [1.807, 2.05) is 22.9 Å². The monoisotopic (exact) mass is 393 g/mol. The van der Waals surface area contributed by atoms with Gasteiger partial charge in [0, 0.05) is 18.0 Å². The second kappa shape index (κ2) is 7.75. The maximum Gasteiger partial charge on any atom is 0.212 e. The molecule has 1 aromatic carbocycles. The minimum Gasteiger partial charge on any atom is -0.443 e. The van der Waals surface area contributed by atoms with Crippen LogP contribution in [0.1, 0.15) is 76.8 Å². The van der Waals surface area contributed by atoms with E-state index in [-0.39, 0.29) is 17.5 Å². The van der Waals surface area contributed by atoms with Gasteiger partial charge in [-0.2, -0.15) is 0 Å². The molecule has 0 bridgehead atoms. The van der Waals surface area contributed by atoms with E-state index in [2.05, 4.69) is 68.2 Å². The van der Waals surface area contributed by atoms with Crippen LogP contribution < -0.4 is 0 Å². The van der Waals surface area contributed by atoms with Crippen molar-refractivity contribution in [1.29, 1.82) is 0 Å². The molecule has 0 radical (unpaired) electrons. The minimum absolute atomic E-state index is 0.0605. The minimum atomic E-state index is -0.0605. The summed E-state index contributed by atoms with van der Waals surface area (Å²) < 4.78 is 8.28. The fourth-order valence-electron chi connectivity index (χ4n) is 3.89. The van der Waals surface area contributed by atoms with E-state index >= 15 is 0 Å². The predicted molar refractivity (Wildman–Crippen MR) is 113 cm³/mol. The number of rotatable bonds is 5. The third kappa shape index (κ3) is 4.13. The fourth-order valence-corrected chi connectivity index (χ4v) is 3.89. The standard InChI is InChI=1S/C23H31N5O/c1-16(2)21-20(17-10-7-6-8-11-17)24-22(29-21)19-12-9-13-27(19)14-18-15-28(26-25-18)23(3,4)5/h6-8,10-11,15-16,19H,9,12-14H2,1-5H3. The van der Waals surface area contributed by atoms with Crippen LogP contribution in [-0.2, 0) is 12.1 Å². The molecular formula is C23H31N5O. The van der Waals surface area contributed by atoms with Crippen molar-refractivity contribution in [3.8, 4) is 11.3 Å². The lowest BCUT2D eigenvalue weighted by atomic mass is 10.0. The van der Waals surface area contributed by atoms with Crippen LogP contribution in [-0.4, -0.2) is 31.4 Å². The first-order valence-corrected chi connectivity index (χ1v) is 10.5. The lowest BCUT2D eigenvalue weighted by Crippen LogP contribution is -2.24. The van der Waals surface area contributed by atoms with E-state index in [9.17, 15) is 0 Å². The van der Waals surface area contributed by atoms with Crippen molar-refractivity contribution < 1.29 is 4.42 Å². The van der Waals surface area contributed by atoms with Crippen LogP contribution in [0, 0.1) is 0 Å². The van der Waals surface area contributed by atoms with E-state index < -0.39 is 0 Å². The molecule has 0 aliphatic carbocycles. The Morgan fingerprint density at radius 2 is 1.93 bits per heavy atom. The molecular weight excluding hydrogens is 362 g/mol. The van der Waals surface area contributed by atoms with Gasteiger partial charge in [-0.15, -0.1) is 5.10 Å². The van der Waals surface area contributed by atoms with Gasteiger partial charge < -0.3 is 4.42 Å². The molecule has 4 rings (SSSR count). The van der Waals surface area contributed by atoms with Gasteiger partial charge >= 0.3 is 0 Å². The summed E-state index contributed by atoms with van der Waals surface area (Å²) in [7, 11) is 0. The molecule has 154 valence electrons. The number of oxazole rings is 1. The summed E-state index contributed by atoms with van der Waals surface area (Å²) in [5, 5.41) is 8.70. The van der Waals surface area contributed by atoms with Crippen LogP contribution >= 0.6 is 0 Å². The van der Waals surface area contributed by atoms with E-state index in [0.717, 1.165) is 54.5 Å². The van der Waals surface area contributed by atoms with Crippen molar-refractivity contribution in [2.24, 2.45) is 0 Å².